The zero-order chi connectivity index (χ0) is 9.26. The van der Waals surface area contributed by atoms with Gasteiger partial charge in [-0.25, -0.2) is 0 Å². The number of thiophene rings is 1. The quantitative estimate of drug-likeness (QED) is 0.768. The van der Waals surface area contributed by atoms with Crippen molar-refractivity contribution in [3.63, 3.8) is 0 Å². The highest BCUT2D eigenvalue weighted by Crippen LogP contribution is 2.29. The molecule has 0 aliphatic carbocycles. The van der Waals surface area contributed by atoms with Crippen LogP contribution in [0.2, 0.25) is 4.34 Å². The van der Waals surface area contributed by atoms with E-state index >= 15 is 0 Å². The van der Waals surface area contributed by atoms with Gasteiger partial charge in [0.25, 0.3) is 0 Å². The minimum atomic E-state index is 0.778. The average molecular weight is 214 g/mol. The summed E-state index contributed by atoms with van der Waals surface area (Å²) >= 11 is 7.35. The van der Waals surface area contributed by atoms with E-state index in [0.717, 1.165) is 21.6 Å². The molecule has 2 aromatic heterocycles. The molecule has 2 aromatic rings. The fourth-order valence-electron chi connectivity index (χ4n) is 1.11. The van der Waals surface area contributed by atoms with Gasteiger partial charge >= 0.3 is 0 Å². The Morgan fingerprint density at radius 2 is 2.38 bits per heavy atom. The molecule has 0 saturated heterocycles. The zero-order valence-electron chi connectivity index (χ0n) is 7.07. The van der Waals surface area contributed by atoms with Crippen LogP contribution in [0, 0.1) is 0 Å². The second-order valence-corrected chi connectivity index (χ2v) is 4.26. The maximum atomic E-state index is 5.83. The van der Waals surface area contributed by atoms with E-state index in [-0.39, 0.29) is 0 Å². The first-order valence-corrected chi connectivity index (χ1v) is 5.14. The lowest BCUT2D eigenvalue weighted by Crippen LogP contribution is -1.93. The summed E-state index contributed by atoms with van der Waals surface area (Å²) in [7, 11) is 0. The Kier molecular flexibility index (Phi) is 2.33. The second-order valence-electron chi connectivity index (χ2n) is 2.54. The van der Waals surface area contributed by atoms with Gasteiger partial charge in [-0.05, 0) is 19.1 Å². The van der Waals surface area contributed by atoms with Crippen LogP contribution in [0.15, 0.2) is 18.5 Å². The minimum Gasteiger partial charge on any atom is -0.313 e. The van der Waals surface area contributed by atoms with Gasteiger partial charge < -0.3 is 4.57 Å². The first kappa shape index (κ1) is 8.72. The van der Waals surface area contributed by atoms with E-state index in [4.69, 9.17) is 11.6 Å². The van der Waals surface area contributed by atoms with Gasteiger partial charge in [0.2, 0.25) is 0 Å². The molecule has 0 N–H and O–H groups in total. The normalized spacial score (nSPS) is 10.6. The van der Waals surface area contributed by atoms with Gasteiger partial charge in [-0.3, -0.25) is 0 Å². The highest BCUT2D eigenvalue weighted by atomic mass is 35.5. The van der Waals surface area contributed by atoms with Crippen LogP contribution in [0.1, 0.15) is 6.92 Å². The molecule has 13 heavy (non-hydrogen) atoms. The van der Waals surface area contributed by atoms with Crippen LogP contribution in [0.4, 0.5) is 0 Å². The van der Waals surface area contributed by atoms with Crippen LogP contribution in [0.5, 0.6) is 0 Å². The minimum absolute atomic E-state index is 0.778. The van der Waals surface area contributed by atoms with Crippen molar-refractivity contribution in [1.82, 2.24) is 14.8 Å². The number of nitrogens with zero attached hydrogens (tertiary/aromatic N) is 3. The van der Waals surface area contributed by atoms with E-state index in [1.807, 2.05) is 16.7 Å². The summed E-state index contributed by atoms with van der Waals surface area (Å²) in [5, 5.41) is 7.89. The maximum Gasteiger partial charge on any atom is 0.173 e. The topological polar surface area (TPSA) is 30.7 Å². The monoisotopic (exact) mass is 213 g/mol. The fraction of sp³-hybridized carbons (Fsp3) is 0.250. The van der Waals surface area contributed by atoms with Crippen LogP contribution in [0.25, 0.3) is 10.7 Å². The second kappa shape index (κ2) is 3.47. The molecule has 0 aromatic carbocycles. The Bertz CT molecular complexity index is 407. The highest BCUT2D eigenvalue weighted by molar-refractivity contribution is 7.19. The summed E-state index contributed by atoms with van der Waals surface area (Å²) in [6.07, 6.45) is 1.73. The van der Waals surface area contributed by atoms with Gasteiger partial charge in [-0.2, -0.15) is 0 Å². The summed E-state index contributed by atoms with van der Waals surface area (Å²) < 4.78 is 2.77. The lowest BCUT2D eigenvalue weighted by atomic mass is 10.4. The number of hydrogen-bond acceptors (Lipinski definition) is 3. The molecule has 2 rings (SSSR count). The third kappa shape index (κ3) is 1.59. The average Bonchev–Trinajstić information content (AvgIpc) is 2.71. The van der Waals surface area contributed by atoms with Crippen molar-refractivity contribution in [2.24, 2.45) is 0 Å². The zero-order valence-corrected chi connectivity index (χ0v) is 8.64. The maximum absolute atomic E-state index is 5.83. The summed E-state index contributed by atoms with van der Waals surface area (Å²) in [6.45, 7) is 2.93. The summed E-state index contributed by atoms with van der Waals surface area (Å²) in [5.74, 6) is 0.888. The van der Waals surface area contributed by atoms with Crippen molar-refractivity contribution in [2.45, 2.75) is 13.5 Å². The number of hydrogen-bond donors (Lipinski definition) is 0. The third-order valence-electron chi connectivity index (χ3n) is 1.75. The molecule has 0 bridgehead atoms. The van der Waals surface area contributed by atoms with E-state index in [2.05, 4.69) is 17.1 Å². The van der Waals surface area contributed by atoms with Crippen molar-refractivity contribution in [3.05, 3.63) is 22.8 Å². The predicted molar refractivity (Wildman–Crippen MR) is 54.0 cm³/mol. The standard InChI is InChI=1S/C8H8ClN3S/c1-2-12-5-10-11-8(12)6-3-4-7(9)13-6/h3-5H,2H2,1H3. The predicted octanol–water partition coefficient (Wildman–Crippen LogP) is 2.68. The highest BCUT2D eigenvalue weighted by Gasteiger charge is 2.07. The largest absolute Gasteiger partial charge is 0.313 e. The molecule has 0 amide bonds. The van der Waals surface area contributed by atoms with E-state index in [1.54, 1.807) is 6.33 Å². The van der Waals surface area contributed by atoms with E-state index in [9.17, 15) is 0 Å². The van der Waals surface area contributed by atoms with Crippen LogP contribution in [-0.4, -0.2) is 14.8 Å². The van der Waals surface area contributed by atoms with Crippen molar-refractivity contribution in [3.8, 4) is 10.7 Å². The Morgan fingerprint density at radius 1 is 1.54 bits per heavy atom. The van der Waals surface area contributed by atoms with Gasteiger partial charge in [0.15, 0.2) is 5.82 Å². The summed E-state index contributed by atoms with van der Waals surface area (Å²) in [4.78, 5) is 1.06. The molecule has 0 radical (unpaired) electrons. The SMILES string of the molecule is CCn1cnnc1-c1ccc(Cl)s1. The smallest absolute Gasteiger partial charge is 0.173 e. The Balaban J connectivity index is 2.45. The number of aryl methyl sites for hydroxylation is 1. The van der Waals surface area contributed by atoms with Crippen molar-refractivity contribution in [1.29, 1.82) is 0 Å². The Hall–Kier alpha value is -0.870. The fourth-order valence-corrected chi connectivity index (χ4v) is 2.16. The molecule has 0 spiro atoms. The number of rotatable bonds is 2. The van der Waals surface area contributed by atoms with Crippen LogP contribution in [0.3, 0.4) is 0 Å². The summed E-state index contributed by atoms with van der Waals surface area (Å²) in [6, 6.07) is 3.83. The van der Waals surface area contributed by atoms with Crippen molar-refractivity contribution >= 4 is 22.9 Å². The van der Waals surface area contributed by atoms with Gasteiger partial charge in [0, 0.05) is 6.54 Å². The molecule has 0 aliphatic rings. The Labute approximate surface area is 85.0 Å². The van der Waals surface area contributed by atoms with Crippen molar-refractivity contribution < 1.29 is 0 Å². The molecule has 0 saturated carbocycles. The molecular formula is C8H8ClN3S. The molecule has 5 heteroatoms. The molecule has 0 unspecified atom stereocenters. The lowest BCUT2D eigenvalue weighted by Gasteiger charge is -1.98. The first-order chi connectivity index (χ1) is 6.31. The molecule has 2 heterocycles. The van der Waals surface area contributed by atoms with Gasteiger partial charge in [0.1, 0.15) is 6.33 Å². The first-order valence-electron chi connectivity index (χ1n) is 3.94. The molecule has 0 aliphatic heterocycles. The summed E-state index contributed by atoms with van der Waals surface area (Å²) in [5.41, 5.74) is 0. The Morgan fingerprint density at radius 3 is 3.00 bits per heavy atom. The molecule has 0 fully saturated rings. The van der Waals surface area contributed by atoms with E-state index in [1.165, 1.54) is 11.3 Å². The van der Waals surface area contributed by atoms with E-state index < -0.39 is 0 Å². The number of aromatic nitrogens is 3. The molecule has 0 atom stereocenters. The van der Waals surface area contributed by atoms with Crippen molar-refractivity contribution in [2.75, 3.05) is 0 Å². The number of halogens is 1. The van der Waals surface area contributed by atoms with E-state index in [0.29, 0.717) is 0 Å². The lowest BCUT2D eigenvalue weighted by molar-refractivity contribution is 0.768. The molecule has 3 nitrogen and oxygen atoms in total. The van der Waals surface area contributed by atoms with Gasteiger partial charge in [-0.15, -0.1) is 21.5 Å². The van der Waals surface area contributed by atoms with Gasteiger partial charge in [0.05, 0.1) is 9.21 Å². The van der Waals surface area contributed by atoms with Crippen LogP contribution < -0.4 is 0 Å². The molecule has 68 valence electrons. The third-order valence-corrected chi connectivity index (χ3v) is 2.98. The van der Waals surface area contributed by atoms with Gasteiger partial charge in [-0.1, -0.05) is 11.6 Å². The van der Waals surface area contributed by atoms with Crippen LogP contribution in [-0.2, 0) is 6.54 Å². The van der Waals surface area contributed by atoms with Crippen LogP contribution >= 0.6 is 22.9 Å². The molecular weight excluding hydrogens is 206 g/mol.